The zero-order valence-electron chi connectivity index (χ0n) is 13.4. The minimum absolute atomic E-state index is 0.439. The average Bonchev–Trinajstić information content (AvgIpc) is 2.91. The van der Waals surface area contributed by atoms with Gasteiger partial charge < -0.3 is 20.1 Å². The van der Waals surface area contributed by atoms with Crippen LogP contribution in [-0.4, -0.2) is 49.8 Å². The Morgan fingerprint density at radius 3 is 2.54 bits per heavy atom. The summed E-state index contributed by atoms with van der Waals surface area (Å²) in [5.74, 6) is -0.891. The lowest BCUT2D eigenvalue weighted by atomic mass is 10.1. The first kappa shape index (κ1) is 18.2. The molecule has 4 atom stereocenters. The predicted octanol–water partition coefficient (Wildman–Crippen LogP) is -0.384. The molecule has 1 aliphatic rings. The van der Waals surface area contributed by atoms with Crippen molar-refractivity contribution in [3.63, 3.8) is 0 Å². The van der Waals surface area contributed by atoms with Gasteiger partial charge in [-0.3, -0.25) is 14.3 Å². The molecule has 0 aliphatic carbocycles. The fourth-order valence-electron chi connectivity index (χ4n) is 2.73. The topological polar surface area (TPSA) is 125 Å². The number of rotatable bonds is 4. The summed E-state index contributed by atoms with van der Waals surface area (Å²) >= 11 is 0. The first-order valence-corrected chi connectivity index (χ1v) is 7.83. The monoisotopic (exact) mass is 364 g/mol. The lowest BCUT2D eigenvalue weighted by molar-refractivity contribution is -0.0550. The maximum Gasteiger partial charge on any atom is 0.330 e. The normalized spacial score (nSPS) is 26.2. The fourth-order valence-corrected chi connectivity index (χ4v) is 2.73. The minimum atomic E-state index is -1.54. The van der Waals surface area contributed by atoms with E-state index < -0.39 is 53.8 Å². The molecule has 138 valence electrons. The Bertz CT molecular complexity index is 923. The van der Waals surface area contributed by atoms with Crippen molar-refractivity contribution < 1.29 is 24.4 Å². The molecule has 1 saturated heterocycles. The highest BCUT2D eigenvalue weighted by molar-refractivity contribution is 5.75. The molecule has 0 saturated carbocycles. The third kappa shape index (κ3) is 3.37. The standard InChI is InChI=1S/C17H17FN2O6/c18-11(6-9-4-2-1-3-5-9)10-7-20(17(25)19-15(10)24)16-14(23)13(22)12(8-21)26-16/h1-7,12-14,16,21-23H,8H2,(H,19,24,25)/b11-6+/t12-,13-,14-,16-/m1/s1. The molecule has 1 aromatic carbocycles. The van der Waals surface area contributed by atoms with Crippen LogP contribution in [0.2, 0.25) is 0 Å². The molecule has 1 aromatic heterocycles. The summed E-state index contributed by atoms with van der Waals surface area (Å²) in [5.41, 5.74) is -1.81. The summed E-state index contributed by atoms with van der Waals surface area (Å²) < 4.78 is 20.6. The highest BCUT2D eigenvalue weighted by Crippen LogP contribution is 2.28. The van der Waals surface area contributed by atoms with Crippen molar-refractivity contribution in [2.45, 2.75) is 24.5 Å². The van der Waals surface area contributed by atoms with Crippen LogP contribution in [0.5, 0.6) is 0 Å². The van der Waals surface area contributed by atoms with Crippen molar-refractivity contribution in [1.82, 2.24) is 9.55 Å². The van der Waals surface area contributed by atoms with Gasteiger partial charge in [-0.1, -0.05) is 30.3 Å². The summed E-state index contributed by atoms with van der Waals surface area (Å²) in [6, 6.07) is 8.42. The number of nitrogens with one attached hydrogen (secondary N) is 1. The van der Waals surface area contributed by atoms with Crippen LogP contribution in [0.4, 0.5) is 4.39 Å². The van der Waals surface area contributed by atoms with Crippen LogP contribution in [-0.2, 0) is 4.74 Å². The van der Waals surface area contributed by atoms with Crippen LogP contribution < -0.4 is 11.2 Å². The van der Waals surface area contributed by atoms with Gasteiger partial charge in [-0.15, -0.1) is 0 Å². The van der Waals surface area contributed by atoms with E-state index in [0.29, 0.717) is 5.56 Å². The Balaban J connectivity index is 2.02. The smallest absolute Gasteiger partial charge is 0.330 e. The minimum Gasteiger partial charge on any atom is -0.394 e. The van der Waals surface area contributed by atoms with Gasteiger partial charge in [-0.25, -0.2) is 9.18 Å². The quantitative estimate of drug-likeness (QED) is 0.586. The largest absolute Gasteiger partial charge is 0.394 e. The van der Waals surface area contributed by atoms with Crippen LogP contribution in [0.1, 0.15) is 17.4 Å². The number of nitrogens with zero attached hydrogens (tertiary/aromatic N) is 1. The zero-order chi connectivity index (χ0) is 18.8. The summed E-state index contributed by atoms with van der Waals surface area (Å²) in [4.78, 5) is 26.0. The summed E-state index contributed by atoms with van der Waals surface area (Å²) in [6.45, 7) is -0.581. The molecule has 0 radical (unpaired) electrons. The molecule has 26 heavy (non-hydrogen) atoms. The van der Waals surface area contributed by atoms with E-state index in [2.05, 4.69) is 0 Å². The van der Waals surface area contributed by atoms with E-state index in [4.69, 9.17) is 9.84 Å². The molecule has 3 rings (SSSR count). The number of aliphatic hydroxyl groups excluding tert-OH is 3. The van der Waals surface area contributed by atoms with Crippen molar-refractivity contribution in [2.24, 2.45) is 0 Å². The maximum atomic E-state index is 14.5. The van der Waals surface area contributed by atoms with Crippen LogP contribution in [0, 0.1) is 0 Å². The second kappa shape index (κ2) is 7.34. The molecule has 8 nitrogen and oxygen atoms in total. The average molecular weight is 364 g/mol. The molecule has 2 aromatic rings. The number of ether oxygens (including phenoxy) is 1. The Labute approximate surface area is 146 Å². The summed E-state index contributed by atoms with van der Waals surface area (Å²) in [5, 5.41) is 29.0. The van der Waals surface area contributed by atoms with Gasteiger partial charge in [0.1, 0.15) is 24.1 Å². The molecular formula is C17H17FN2O6. The van der Waals surface area contributed by atoms with Gasteiger partial charge in [0.05, 0.1) is 12.2 Å². The molecular weight excluding hydrogens is 347 g/mol. The maximum absolute atomic E-state index is 14.5. The van der Waals surface area contributed by atoms with Gasteiger partial charge >= 0.3 is 5.69 Å². The van der Waals surface area contributed by atoms with Gasteiger partial charge in [0.25, 0.3) is 5.56 Å². The van der Waals surface area contributed by atoms with Crippen molar-refractivity contribution in [2.75, 3.05) is 6.61 Å². The second-order valence-corrected chi connectivity index (χ2v) is 5.84. The SMILES string of the molecule is O=c1[nH]c(=O)n([C@@H]2O[C@H](CO)[C@@H](O)[C@H]2O)cc1/C(F)=C\c1ccccc1. The van der Waals surface area contributed by atoms with Crippen LogP contribution in [0.25, 0.3) is 11.9 Å². The van der Waals surface area contributed by atoms with E-state index in [1.165, 1.54) is 0 Å². The molecule has 4 N–H and O–H groups in total. The van der Waals surface area contributed by atoms with Gasteiger partial charge in [-0.2, -0.15) is 0 Å². The number of aromatic nitrogens is 2. The van der Waals surface area contributed by atoms with Gasteiger partial charge in [0.2, 0.25) is 0 Å². The third-order valence-corrected chi connectivity index (χ3v) is 4.11. The number of H-pyrrole nitrogens is 1. The van der Waals surface area contributed by atoms with Crippen molar-refractivity contribution >= 4 is 11.9 Å². The molecule has 0 spiro atoms. The first-order valence-electron chi connectivity index (χ1n) is 7.83. The van der Waals surface area contributed by atoms with Crippen molar-refractivity contribution in [3.05, 3.63) is 68.5 Å². The zero-order valence-corrected chi connectivity index (χ0v) is 13.4. The number of hydrogen-bond donors (Lipinski definition) is 4. The van der Waals surface area contributed by atoms with Crippen LogP contribution in [0.15, 0.2) is 46.1 Å². The third-order valence-electron chi connectivity index (χ3n) is 4.11. The Morgan fingerprint density at radius 2 is 1.92 bits per heavy atom. The molecule has 0 unspecified atom stereocenters. The molecule has 0 bridgehead atoms. The Morgan fingerprint density at radius 1 is 1.23 bits per heavy atom. The van der Waals surface area contributed by atoms with E-state index >= 15 is 0 Å². The fraction of sp³-hybridized carbons (Fsp3) is 0.294. The van der Waals surface area contributed by atoms with E-state index in [9.17, 15) is 24.2 Å². The molecule has 1 aliphatic heterocycles. The van der Waals surface area contributed by atoms with E-state index in [-0.39, 0.29) is 0 Å². The second-order valence-electron chi connectivity index (χ2n) is 5.84. The lowest BCUT2D eigenvalue weighted by Gasteiger charge is -2.17. The highest BCUT2D eigenvalue weighted by atomic mass is 19.1. The summed E-state index contributed by atoms with van der Waals surface area (Å²) in [7, 11) is 0. The number of hydrogen-bond acceptors (Lipinski definition) is 6. The van der Waals surface area contributed by atoms with Gasteiger partial charge in [0, 0.05) is 6.20 Å². The molecule has 9 heteroatoms. The Kier molecular flexibility index (Phi) is 5.14. The number of halogens is 1. The molecule has 2 heterocycles. The molecule has 0 amide bonds. The van der Waals surface area contributed by atoms with Gasteiger partial charge in [0.15, 0.2) is 6.23 Å². The molecule has 1 fully saturated rings. The van der Waals surface area contributed by atoms with Crippen LogP contribution >= 0.6 is 0 Å². The van der Waals surface area contributed by atoms with E-state index in [0.717, 1.165) is 16.8 Å². The summed E-state index contributed by atoms with van der Waals surface area (Å²) in [6.07, 6.45) is -3.42. The number of aliphatic hydroxyl groups is 3. The van der Waals surface area contributed by atoms with E-state index in [1.807, 2.05) is 4.98 Å². The highest BCUT2D eigenvalue weighted by Gasteiger charge is 2.43. The lowest BCUT2D eigenvalue weighted by Crippen LogP contribution is -2.38. The van der Waals surface area contributed by atoms with Gasteiger partial charge in [-0.05, 0) is 11.6 Å². The van der Waals surface area contributed by atoms with E-state index in [1.54, 1.807) is 30.3 Å². The number of benzene rings is 1. The first-order chi connectivity index (χ1) is 12.4. The Hall–Kier alpha value is -2.59. The number of aromatic amines is 1. The van der Waals surface area contributed by atoms with Crippen molar-refractivity contribution in [1.29, 1.82) is 0 Å². The van der Waals surface area contributed by atoms with Crippen molar-refractivity contribution in [3.8, 4) is 0 Å². The van der Waals surface area contributed by atoms with Crippen LogP contribution in [0.3, 0.4) is 0 Å². The predicted molar refractivity (Wildman–Crippen MR) is 89.8 cm³/mol.